The van der Waals surface area contributed by atoms with Crippen LogP contribution < -0.4 is 29.6 Å². The Morgan fingerprint density at radius 2 is 1.31 bits per heavy atom. The molecular formula is C8H5N2NaO2. The van der Waals surface area contributed by atoms with Gasteiger partial charge < -0.3 is 1.43 Å². The van der Waals surface area contributed by atoms with Gasteiger partial charge in [-0.1, -0.05) is 12.1 Å². The second kappa shape index (κ2) is 3.91. The van der Waals surface area contributed by atoms with Crippen molar-refractivity contribution in [3.8, 4) is 0 Å². The van der Waals surface area contributed by atoms with Gasteiger partial charge in [0.15, 0.2) is 0 Å². The summed E-state index contributed by atoms with van der Waals surface area (Å²) in [6.07, 6.45) is 0. The van der Waals surface area contributed by atoms with Gasteiger partial charge >= 0.3 is 29.6 Å². The molecule has 2 rings (SSSR count). The Balaban J connectivity index is 0.000000845. The van der Waals surface area contributed by atoms with E-state index in [0.29, 0.717) is 11.1 Å². The predicted molar refractivity (Wildman–Crippen MR) is 41.1 cm³/mol. The Kier molecular flexibility index (Phi) is 3.08. The van der Waals surface area contributed by atoms with E-state index in [1.165, 1.54) is 0 Å². The van der Waals surface area contributed by atoms with Crippen LogP contribution in [0.25, 0.3) is 0 Å². The van der Waals surface area contributed by atoms with E-state index >= 15 is 0 Å². The van der Waals surface area contributed by atoms with Crippen molar-refractivity contribution in [2.45, 2.75) is 0 Å². The first-order valence-corrected chi connectivity index (χ1v) is 3.38. The maximum Gasteiger partial charge on any atom is 1.00 e. The maximum absolute atomic E-state index is 11.0. The van der Waals surface area contributed by atoms with Crippen LogP contribution in [-0.4, -0.2) is 11.8 Å². The van der Waals surface area contributed by atoms with Gasteiger partial charge in [0.05, 0.1) is 11.1 Å². The molecule has 0 bridgehead atoms. The number of amides is 2. The number of fused-ring (bicyclic) bond motifs is 1. The summed E-state index contributed by atoms with van der Waals surface area (Å²) in [6, 6.07) is 6.50. The number of azo groups is 1. The van der Waals surface area contributed by atoms with Crippen LogP contribution in [-0.2, 0) is 0 Å². The van der Waals surface area contributed by atoms with E-state index in [4.69, 9.17) is 0 Å². The topological polar surface area (TPSA) is 58.9 Å². The van der Waals surface area contributed by atoms with Crippen LogP contribution in [0.2, 0.25) is 0 Å². The molecule has 0 atom stereocenters. The molecule has 5 heteroatoms. The van der Waals surface area contributed by atoms with Gasteiger partial charge in [0.25, 0.3) is 11.8 Å². The van der Waals surface area contributed by atoms with Crippen molar-refractivity contribution in [1.29, 1.82) is 0 Å². The molecule has 1 aromatic carbocycles. The third kappa shape index (κ3) is 1.75. The minimum atomic E-state index is -0.454. The summed E-state index contributed by atoms with van der Waals surface area (Å²) < 4.78 is 0. The monoisotopic (exact) mass is 184 g/mol. The Bertz CT molecular complexity index is 369. The number of hydrogen-bond acceptors (Lipinski definition) is 2. The Hall–Kier alpha value is -0.840. The fourth-order valence-electron chi connectivity index (χ4n) is 1.05. The molecule has 1 aromatic rings. The molecule has 1 aliphatic rings. The average Bonchev–Trinajstić information content (AvgIpc) is 2.12. The van der Waals surface area contributed by atoms with Crippen molar-refractivity contribution in [3.63, 3.8) is 0 Å². The molecule has 1 heterocycles. The Morgan fingerprint density at radius 1 is 0.923 bits per heavy atom. The number of rotatable bonds is 0. The minimum Gasteiger partial charge on any atom is -1.00 e. The van der Waals surface area contributed by atoms with E-state index in [1.54, 1.807) is 24.3 Å². The van der Waals surface area contributed by atoms with Crippen LogP contribution in [0.15, 0.2) is 34.5 Å². The zero-order chi connectivity index (χ0) is 8.55. The van der Waals surface area contributed by atoms with Crippen molar-refractivity contribution >= 4 is 11.8 Å². The summed E-state index contributed by atoms with van der Waals surface area (Å²) in [5.41, 5.74) is 0.662. The molecule has 60 valence electrons. The summed E-state index contributed by atoms with van der Waals surface area (Å²) in [6.45, 7) is 0. The van der Waals surface area contributed by atoms with E-state index in [1.807, 2.05) is 0 Å². The van der Waals surface area contributed by atoms with Gasteiger partial charge in [0.2, 0.25) is 0 Å². The van der Waals surface area contributed by atoms with E-state index < -0.39 is 11.8 Å². The van der Waals surface area contributed by atoms with E-state index in [0.717, 1.165) is 0 Å². The molecule has 0 aliphatic carbocycles. The molecule has 2 amide bonds. The first-order chi connectivity index (χ1) is 5.79. The molecule has 0 aromatic heterocycles. The summed E-state index contributed by atoms with van der Waals surface area (Å²) >= 11 is 0. The average molecular weight is 184 g/mol. The van der Waals surface area contributed by atoms with E-state index in [9.17, 15) is 9.59 Å². The second-order valence-corrected chi connectivity index (χ2v) is 2.36. The predicted octanol–water partition coefficient (Wildman–Crippen LogP) is -1.45. The molecule has 4 nitrogen and oxygen atoms in total. The molecular weight excluding hydrogens is 179 g/mol. The summed E-state index contributed by atoms with van der Waals surface area (Å²) in [5, 5.41) is 6.38. The number of carbonyl (C=O) groups is 2. The van der Waals surface area contributed by atoms with Crippen LogP contribution in [0.5, 0.6) is 0 Å². The minimum absolute atomic E-state index is 0. The van der Waals surface area contributed by atoms with Crippen molar-refractivity contribution < 1.29 is 40.6 Å². The Labute approximate surface area is 97.8 Å². The standard InChI is InChI=1S/C8H4N2O2.Na.H/c11-7-5-3-1-2-4-6(5)8(12)10-9-7;;/h1-4H;;/q;+1;-1. The third-order valence-electron chi connectivity index (χ3n) is 1.62. The fourth-order valence-corrected chi connectivity index (χ4v) is 1.05. The van der Waals surface area contributed by atoms with Gasteiger partial charge in [-0.15, -0.1) is 10.2 Å². The first kappa shape index (κ1) is 10.2. The van der Waals surface area contributed by atoms with Gasteiger partial charge in [0.1, 0.15) is 0 Å². The van der Waals surface area contributed by atoms with Crippen LogP contribution in [0.3, 0.4) is 0 Å². The zero-order valence-electron chi connectivity index (χ0n) is 8.02. The van der Waals surface area contributed by atoms with Crippen molar-refractivity contribution in [3.05, 3.63) is 35.4 Å². The molecule has 0 unspecified atom stereocenters. The van der Waals surface area contributed by atoms with Crippen molar-refractivity contribution in [2.24, 2.45) is 10.2 Å². The number of hydrogen-bond donors (Lipinski definition) is 0. The number of benzene rings is 1. The summed E-state index contributed by atoms with van der Waals surface area (Å²) in [4.78, 5) is 22.0. The largest absolute Gasteiger partial charge is 1.00 e. The quantitative estimate of drug-likeness (QED) is 0.463. The van der Waals surface area contributed by atoms with Crippen LogP contribution in [0.1, 0.15) is 22.1 Å². The molecule has 0 N–H and O–H groups in total. The van der Waals surface area contributed by atoms with Crippen molar-refractivity contribution in [1.82, 2.24) is 0 Å². The SMILES string of the molecule is O=C1N=NC(=O)c2ccccc21.[H-].[Na+]. The van der Waals surface area contributed by atoms with Crippen LogP contribution in [0.4, 0.5) is 0 Å². The molecule has 0 radical (unpaired) electrons. The van der Waals surface area contributed by atoms with Gasteiger partial charge in [-0.25, -0.2) is 0 Å². The first-order valence-electron chi connectivity index (χ1n) is 3.38. The molecule has 0 spiro atoms. The summed E-state index contributed by atoms with van der Waals surface area (Å²) in [5.74, 6) is -0.907. The molecule has 0 saturated heterocycles. The third-order valence-corrected chi connectivity index (χ3v) is 1.62. The second-order valence-electron chi connectivity index (χ2n) is 2.36. The number of carbonyl (C=O) groups excluding carboxylic acids is 2. The number of nitrogens with zero attached hydrogens (tertiary/aromatic N) is 2. The van der Waals surface area contributed by atoms with Gasteiger partial charge in [0, 0.05) is 0 Å². The maximum atomic E-state index is 11.0. The smallest absolute Gasteiger partial charge is 1.00 e. The van der Waals surface area contributed by atoms with Crippen LogP contribution >= 0.6 is 0 Å². The molecule has 1 aliphatic heterocycles. The van der Waals surface area contributed by atoms with Gasteiger partial charge in [-0.3, -0.25) is 9.59 Å². The van der Waals surface area contributed by atoms with E-state index in [-0.39, 0.29) is 31.0 Å². The van der Waals surface area contributed by atoms with Gasteiger partial charge in [-0.05, 0) is 12.1 Å². The van der Waals surface area contributed by atoms with Gasteiger partial charge in [-0.2, -0.15) is 0 Å². The van der Waals surface area contributed by atoms with Crippen molar-refractivity contribution in [2.75, 3.05) is 0 Å². The molecule has 0 fully saturated rings. The van der Waals surface area contributed by atoms with Crippen LogP contribution in [0, 0.1) is 0 Å². The zero-order valence-corrected chi connectivity index (χ0v) is 9.02. The van der Waals surface area contributed by atoms with E-state index in [2.05, 4.69) is 10.2 Å². The molecule has 0 saturated carbocycles. The Morgan fingerprint density at radius 3 is 1.69 bits per heavy atom. The molecule has 13 heavy (non-hydrogen) atoms. The summed E-state index contributed by atoms with van der Waals surface area (Å²) in [7, 11) is 0. The fraction of sp³-hybridized carbons (Fsp3) is 0. The normalized spacial score (nSPS) is 13.5.